The van der Waals surface area contributed by atoms with E-state index < -0.39 is 0 Å². The fourth-order valence-corrected chi connectivity index (χ4v) is 2.34. The third-order valence-corrected chi connectivity index (χ3v) is 2.88. The van der Waals surface area contributed by atoms with Crippen LogP contribution in [0.2, 0.25) is 5.02 Å². The molecule has 80 valence electrons. The lowest BCUT2D eigenvalue weighted by atomic mass is 10.0. The molecule has 2 nitrogen and oxygen atoms in total. The fourth-order valence-electron chi connectivity index (χ4n) is 1.98. The van der Waals surface area contributed by atoms with Crippen molar-refractivity contribution in [1.82, 2.24) is 4.57 Å². The van der Waals surface area contributed by atoms with Gasteiger partial charge in [0.25, 0.3) is 0 Å². The van der Waals surface area contributed by atoms with Crippen LogP contribution < -0.4 is 5.73 Å². The first-order chi connectivity index (χ1) is 7.09. The number of nitrogens with zero attached hydrogens (tertiary/aromatic N) is 1. The molecule has 0 bridgehead atoms. The molecule has 2 N–H and O–H groups in total. The molecule has 2 aromatic rings. The first-order valence-corrected chi connectivity index (χ1v) is 5.45. The van der Waals surface area contributed by atoms with Gasteiger partial charge in [0.2, 0.25) is 0 Å². The first-order valence-electron chi connectivity index (χ1n) is 5.07. The van der Waals surface area contributed by atoms with E-state index in [9.17, 15) is 0 Å². The Labute approximate surface area is 94.6 Å². The second-order valence-electron chi connectivity index (χ2n) is 4.08. The molecule has 0 spiro atoms. The van der Waals surface area contributed by atoms with E-state index in [1.807, 2.05) is 24.7 Å². The minimum Gasteiger partial charge on any atom is -0.349 e. The Bertz CT molecular complexity index is 486. The maximum absolute atomic E-state index is 6.20. The van der Waals surface area contributed by atoms with Crippen molar-refractivity contribution in [2.24, 2.45) is 12.8 Å². The summed E-state index contributed by atoms with van der Waals surface area (Å²) < 4.78 is 2.04. The Morgan fingerprint density at radius 3 is 2.87 bits per heavy atom. The summed E-state index contributed by atoms with van der Waals surface area (Å²) in [7, 11) is 2.00. The Morgan fingerprint density at radius 1 is 1.47 bits per heavy atom. The summed E-state index contributed by atoms with van der Waals surface area (Å²) in [4.78, 5) is 0. The monoisotopic (exact) mass is 222 g/mol. The van der Waals surface area contributed by atoms with Gasteiger partial charge in [-0.15, -0.1) is 0 Å². The van der Waals surface area contributed by atoms with Gasteiger partial charge in [-0.25, -0.2) is 0 Å². The van der Waals surface area contributed by atoms with E-state index in [2.05, 4.69) is 18.2 Å². The molecule has 3 heteroatoms. The van der Waals surface area contributed by atoms with Crippen molar-refractivity contribution in [2.45, 2.75) is 19.4 Å². The predicted octanol–water partition coefficient (Wildman–Crippen LogP) is 2.72. The van der Waals surface area contributed by atoms with Gasteiger partial charge < -0.3 is 10.3 Å². The van der Waals surface area contributed by atoms with Gasteiger partial charge in [-0.05, 0) is 25.0 Å². The quantitative estimate of drug-likeness (QED) is 0.833. The molecule has 1 aromatic heterocycles. The van der Waals surface area contributed by atoms with Crippen LogP contribution >= 0.6 is 11.6 Å². The highest BCUT2D eigenvalue weighted by atomic mass is 35.5. The maximum atomic E-state index is 6.20. The van der Waals surface area contributed by atoms with Gasteiger partial charge in [0.1, 0.15) is 0 Å². The van der Waals surface area contributed by atoms with Crippen molar-refractivity contribution in [1.29, 1.82) is 0 Å². The topological polar surface area (TPSA) is 30.9 Å². The number of hydrogen-bond acceptors (Lipinski definition) is 1. The molecule has 0 aliphatic carbocycles. The van der Waals surface area contributed by atoms with Crippen molar-refractivity contribution in [3.63, 3.8) is 0 Å². The summed E-state index contributed by atoms with van der Waals surface area (Å²) in [6.07, 6.45) is 2.80. The van der Waals surface area contributed by atoms with E-state index in [1.165, 1.54) is 5.56 Å². The summed E-state index contributed by atoms with van der Waals surface area (Å²) in [5, 5.41) is 1.95. The Morgan fingerprint density at radius 2 is 2.20 bits per heavy atom. The zero-order chi connectivity index (χ0) is 11.0. The van der Waals surface area contributed by atoms with Gasteiger partial charge in [0.15, 0.2) is 0 Å². The average Bonchev–Trinajstić information content (AvgIpc) is 2.43. The largest absolute Gasteiger partial charge is 0.349 e. The molecule has 0 saturated heterocycles. The standard InChI is InChI=1S/C12H15ClN2/c1-8(14)6-9-4-3-5-11-12(9)10(13)7-15(11)2/h3-5,7-8H,6,14H2,1-2H3. The van der Waals surface area contributed by atoms with Crippen molar-refractivity contribution in [3.8, 4) is 0 Å². The van der Waals surface area contributed by atoms with Gasteiger partial charge in [0, 0.05) is 30.2 Å². The minimum absolute atomic E-state index is 0.159. The van der Waals surface area contributed by atoms with E-state index in [0.717, 1.165) is 22.3 Å². The van der Waals surface area contributed by atoms with Gasteiger partial charge in [-0.3, -0.25) is 0 Å². The summed E-state index contributed by atoms with van der Waals surface area (Å²) >= 11 is 6.20. The summed E-state index contributed by atoms with van der Waals surface area (Å²) in [5.74, 6) is 0. The first kappa shape index (κ1) is 10.5. The third-order valence-electron chi connectivity index (χ3n) is 2.60. The number of aromatic nitrogens is 1. The van der Waals surface area contributed by atoms with Crippen LogP contribution in [0.5, 0.6) is 0 Å². The van der Waals surface area contributed by atoms with E-state index in [4.69, 9.17) is 17.3 Å². The second kappa shape index (κ2) is 3.87. The smallest absolute Gasteiger partial charge is 0.0664 e. The maximum Gasteiger partial charge on any atom is 0.0664 e. The molecule has 0 fully saturated rings. The van der Waals surface area contributed by atoms with Crippen LogP contribution in [0.1, 0.15) is 12.5 Å². The molecule has 0 aliphatic rings. The van der Waals surface area contributed by atoms with E-state index in [0.29, 0.717) is 0 Å². The molecular formula is C12H15ClN2. The van der Waals surface area contributed by atoms with Crippen LogP contribution in [0.25, 0.3) is 10.9 Å². The SMILES string of the molecule is CC(N)Cc1cccc2c1c(Cl)cn2C. The molecule has 15 heavy (non-hydrogen) atoms. The summed E-state index contributed by atoms with van der Waals surface area (Å²) in [6, 6.07) is 6.38. The van der Waals surface area contributed by atoms with Gasteiger partial charge >= 0.3 is 0 Å². The summed E-state index contributed by atoms with van der Waals surface area (Å²) in [6.45, 7) is 2.01. The van der Waals surface area contributed by atoms with Gasteiger partial charge in [-0.1, -0.05) is 23.7 Å². The number of hydrogen-bond donors (Lipinski definition) is 1. The predicted molar refractivity (Wildman–Crippen MR) is 65.3 cm³/mol. The number of fused-ring (bicyclic) bond motifs is 1. The van der Waals surface area contributed by atoms with Crippen LogP contribution in [0.3, 0.4) is 0 Å². The van der Waals surface area contributed by atoms with Crippen LogP contribution in [0.4, 0.5) is 0 Å². The highest BCUT2D eigenvalue weighted by molar-refractivity contribution is 6.35. The Balaban J connectivity index is 2.64. The number of halogens is 1. The normalized spacial score (nSPS) is 13.3. The molecule has 1 aromatic carbocycles. The molecule has 1 unspecified atom stereocenters. The molecule has 1 heterocycles. The summed E-state index contributed by atoms with van der Waals surface area (Å²) in [5.41, 5.74) is 8.22. The Hall–Kier alpha value is -0.990. The highest BCUT2D eigenvalue weighted by Gasteiger charge is 2.09. The lowest BCUT2D eigenvalue weighted by Crippen LogP contribution is -2.17. The molecule has 1 atom stereocenters. The molecule has 0 radical (unpaired) electrons. The number of rotatable bonds is 2. The van der Waals surface area contributed by atoms with Crippen LogP contribution in [-0.2, 0) is 13.5 Å². The third kappa shape index (κ3) is 1.87. The highest BCUT2D eigenvalue weighted by Crippen LogP contribution is 2.28. The lowest BCUT2D eigenvalue weighted by molar-refractivity contribution is 0.741. The molecular weight excluding hydrogens is 208 g/mol. The number of nitrogens with two attached hydrogens (primary N) is 1. The van der Waals surface area contributed by atoms with Crippen molar-refractivity contribution in [3.05, 3.63) is 35.0 Å². The van der Waals surface area contributed by atoms with Crippen LogP contribution in [-0.4, -0.2) is 10.6 Å². The fraction of sp³-hybridized carbons (Fsp3) is 0.333. The second-order valence-corrected chi connectivity index (χ2v) is 4.49. The average molecular weight is 223 g/mol. The van der Waals surface area contributed by atoms with Crippen molar-refractivity contribution in [2.75, 3.05) is 0 Å². The zero-order valence-electron chi connectivity index (χ0n) is 9.00. The van der Waals surface area contributed by atoms with Crippen molar-refractivity contribution >= 4 is 22.5 Å². The lowest BCUT2D eigenvalue weighted by Gasteiger charge is -2.07. The number of benzene rings is 1. The van der Waals surface area contributed by atoms with Crippen LogP contribution in [0.15, 0.2) is 24.4 Å². The Kier molecular flexibility index (Phi) is 2.72. The van der Waals surface area contributed by atoms with Crippen molar-refractivity contribution < 1.29 is 0 Å². The molecule has 2 rings (SSSR count). The minimum atomic E-state index is 0.159. The van der Waals surface area contributed by atoms with Crippen LogP contribution in [0, 0.1) is 0 Å². The number of aryl methyl sites for hydroxylation is 1. The van der Waals surface area contributed by atoms with E-state index in [1.54, 1.807) is 0 Å². The zero-order valence-corrected chi connectivity index (χ0v) is 9.75. The molecule has 0 amide bonds. The molecule has 0 aliphatic heterocycles. The van der Waals surface area contributed by atoms with E-state index in [-0.39, 0.29) is 6.04 Å². The van der Waals surface area contributed by atoms with Gasteiger partial charge in [-0.2, -0.15) is 0 Å². The van der Waals surface area contributed by atoms with E-state index >= 15 is 0 Å². The van der Waals surface area contributed by atoms with Gasteiger partial charge in [0.05, 0.1) is 5.02 Å². The molecule has 0 saturated carbocycles.